The number of aliphatic hydroxyl groups excluding tert-OH is 1. The minimum atomic E-state index is -0.672. The van der Waals surface area contributed by atoms with Crippen LogP contribution in [0.1, 0.15) is 75.5 Å². The highest BCUT2D eigenvalue weighted by molar-refractivity contribution is 6.06. The van der Waals surface area contributed by atoms with Gasteiger partial charge in [-0.25, -0.2) is 4.39 Å². The summed E-state index contributed by atoms with van der Waals surface area (Å²) in [5.41, 5.74) is 2.35. The molecule has 232 valence electrons. The molecule has 1 unspecified atom stereocenters. The minimum absolute atomic E-state index is 0.0159. The van der Waals surface area contributed by atoms with Crippen molar-refractivity contribution in [2.75, 3.05) is 52.0 Å². The summed E-state index contributed by atoms with van der Waals surface area (Å²) in [6.07, 6.45) is -1.03. The predicted molar refractivity (Wildman–Crippen MR) is 162 cm³/mol. The smallest absolute Gasteiger partial charge is 0.197 e. The third-order valence-electron chi connectivity index (χ3n) is 7.39. The summed E-state index contributed by atoms with van der Waals surface area (Å²) in [5, 5.41) is 19.2. The minimum Gasteiger partial charge on any atom is -0.494 e. The highest BCUT2D eigenvalue weighted by Crippen LogP contribution is 2.42. The number of carbonyl (C=O) groups is 1. The van der Waals surface area contributed by atoms with E-state index in [0.29, 0.717) is 48.0 Å². The summed E-state index contributed by atoms with van der Waals surface area (Å²) >= 11 is 0. The van der Waals surface area contributed by atoms with Crippen LogP contribution in [-0.2, 0) is 16.7 Å². The normalized spacial score (nSPS) is 18.0. The van der Waals surface area contributed by atoms with Crippen molar-refractivity contribution in [3.05, 3.63) is 46.3 Å². The maximum absolute atomic E-state index is 15.5. The lowest BCUT2D eigenvalue weighted by Crippen LogP contribution is -2.31. The van der Waals surface area contributed by atoms with Crippen LogP contribution in [0.3, 0.4) is 0 Å². The molecule has 0 spiro atoms. The summed E-state index contributed by atoms with van der Waals surface area (Å²) in [6, 6.07) is 5.30. The molecule has 2 heterocycles. The number of ketones is 1. The van der Waals surface area contributed by atoms with Gasteiger partial charge in [-0.05, 0) is 43.0 Å². The summed E-state index contributed by atoms with van der Waals surface area (Å²) in [6.45, 7) is 15.2. The lowest BCUT2D eigenvalue weighted by Gasteiger charge is -2.29. The third kappa shape index (κ3) is 6.49. The molecule has 2 atom stereocenters. The van der Waals surface area contributed by atoms with Crippen LogP contribution in [0.5, 0.6) is 17.2 Å². The van der Waals surface area contributed by atoms with Gasteiger partial charge in [0.25, 0.3) is 0 Å². The van der Waals surface area contributed by atoms with Gasteiger partial charge in [-0.2, -0.15) is 0 Å². The van der Waals surface area contributed by atoms with E-state index in [0.717, 1.165) is 5.56 Å². The number of nitrogens with one attached hydrogen (secondary N) is 1. The number of Topliss-reactive ketones (excluding diaryl/α,β-unsaturated/α-hetero) is 1. The van der Waals surface area contributed by atoms with Gasteiger partial charge >= 0.3 is 0 Å². The quantitative estimate of drug-likeness (QED) is 0.367. The fraction of sp³-hybridized carbons (Fsp3) is 0.562. The van der Waals surface area contributed by atoms with Crippen LogP contribution in [0.25, 0.3) is 0 Å². The van der Waals surface area contributed by atoms with Gasteiger partial charge in [0.1, 0.15) is 17.7 Å². The van der Waals surface area contributed by atoms with Crippen molar-refractivity contribution in [2.45, 2.75) is 72.6 Å². The van der Waals surface area contributed by atoms with Crippen molar-refractivity contribution in [3.63, 3.8) is 0 Å². The molecule has 2 N–H and O–H groups in total. The molecule has 1 saturated heterocycles. The number of anilines is 1. The number of methoxy groups -OCH3 is 2. The zero-order valence-corrected chi connectivity index (χ0v) is 26.4. The number of benzene rings is 2. The number of nitrogens with zero attached hydrogens (tertiary/aromatic N) is 2. The number of aliphatic hydroxyl groups is 1. The number of ether oxygens (including phenoxy) is 4. The second kappa shape index (κ2) is 13.7. The van der Waals surface area contributed by atoms with Gasteiger partial charge in [-0.15, -0.1) is 0 Å². The second-order valence-electron chi connectivity index (χ2n) is 11.1. The standard InChI is InChI=1S/C30H40FN3O6.C2H6/c1-8-39-23-12-18-13-34(29(32)25(18)26(31)28(23)40-9-2)14-21(35)17-10-19(30(3,4)5)27(38-7)20(11-17)33-15-22(36)24(16-33)37-6;1-2/h10-12,22,24,32,36H,8-9,13-16H2,1-7H3;1-2H3/t22?,24-;/m0./s1. The number of hydrogen-bond acceptors (Lipinski definition) is 8. The number of rotatable bonds is 10. The van der Waals surface area contributed by atoms with E-state index in [4.69, 9.17) is 24.4 Å². The Morgan fingerprint density at radius 2 is 1.74 bits per heavy atom. The first-order chi connectivity index (χ1) is 19.9. The molecular weight excluding hydrogens is 541 g/mol. The highest BCUT2D eigenvalue weighted by atomic mass is 19.1. The fourth-order valence-corrected chi connectivity index (χ4v) is 5.39. The first kappa shape index (κ1) is 33.1. The molecule has 4 rings (SSSR count). The van der Waals surface area contributed by atoms with Crippen LogP contribution in [0, 0.1) is 11.2 Å². The first-order valence-electron chi connectivity index (χ1n) is 14.6. The fourth-order valence-electron chi connectivity index (χ4n) is 5.39. The lowest BCUT2D eigenvalue weighted by atomic mass is 9.84. The van der Waals surface area contributed by atoms with Gasteiger partial charge in [0.15, 0.2) is 23.1 Å². The molecule has 2 aromatic carbocycles. The SMILES string of the molecule is CC.CCOc1cc2c(c(F)c1OCC)C(=N)N(CC(=O)c1cc(N3CC(O)[C@@H](OC)C3)c(OC)c(C(C)(C)C)c1)C2. The van der Waals surface area contributed by atoms with E-state index in [1.54, 1.807) is 45.1 Å². The topological polar surface area (TPSA) is 105 Å². The molecule has 0 bridgehead atoms. The maximum Gasteiger partial charge on any atom is 0.197 e. The molecule has 2 aliphatic heterocycles. The molecule has 0 amide bonds. The molecule has 2 aromatic rings. The summed E-state index contributed by atoms with van der Waals surface area (Å²) in [7, 11) is 3.16. The largest absolute Gasteiger partial charge is 0.494 e. The lowest BCUT2D eigenvalue weighted by molar-refractivity contribution is 0.0217. The van der Waals surface area contributed by atoms with Crippen molar-refractivity contribution < 1.29 is 33.2 Å². The number of carbonyl (C=O) groups excluding carboxylic acids is 1. The van der Waals surface area contributed by atoms with Crippen molar-refractivity contribution in [1.82, 2.24) is 4.90 Å². The molecular formula is C32H46FN3O6. The Hall–Kier alpha value is -3.37. The van der Waals surface area contributed by atoms with Crippen molar-refractivity contribution in [1.29, 1.82) is 5.41 Å². The zero-order valence-electron chi connectivity index (χ0n) is 26.4. The molecule has 0 radical (unpaired) electrons. The van der Waals surface area contributed by atoms with Gasteiger partial charge in [0, 0.05) is 37.9 Å². The summed E-state index contributed by atoms with van der Waals surface area (Å²) in [4.78, 5) is 17.3. The Kier molecular flexibility index (Phi) is 10.8. The van der Waals surface area contributed by atoms with Crippen LogP contribution in [0.15, 0.2) is 18.2 Å². The van der Waals surface area contributed by atoms with Gasteiger partial charge < -0.3 is 33.9 Å². The second-order valence-corrected chi connectivity index (χ2v) is 11.1. The zero-order chi connectivity index (χ0) is 31.4. The molecule has 2 aliphatic rings. The predicted octanol–water partition coefficient (Wildman–Crippen LogP) is 5.18. The van der Waals surface area contributed by atoms with Crippen molar-refractivity contribution in [3.8, 4) is 17.2 Å². The number of halogens is 1. The van der Waals surface area contributed by atoms with Crippen LogP contribution >= 0.6 is 0 Å². The van der Waals surface area contributed by atoms with E-state index in [1.807, 2.05) is 45.6 Å². The molecule has 0 aliphatic carbocycles. The Bertz CT molecular complexity index is 1290. The maximum atomic E-state index is 15.5. The number of amidine groups is 1. The van der Waals surface area contributed by atoms with Crippen molar-refractivity contribution in [2.24, 2.45) is 0 Å². The molecule has 0 aromatic heterocycles. The third-order valence-corrected chi connectivity index (χ3v) is 7.39. The van der Waals surface area contributed by atoms with Crippen LogP contribution in [0.4, 0.5) is 10.1 Å². The van der Waals surface area contributed by atoms with E-state index in [1.165, 1.54) is 0 Å². The molecule has 0 saturated carbocycles. The average Bonchev–Trinajstić information content (AvgIpc) is 3.49. The monoisotopic (exact) mass is 587 g/mol. The molecule has 1 fully saturated rings. The van der Waals surface area contributed by atoms with Gasteiger partial charge in [0.2, 0.25) is 0 Å². The average molecular weight is 588 g/mol. The Morgan fingerprint density at radius 1 is 1.07 bits per heavy atom. The van der Waals surface area contributed by atoms with E-state index in [-0.39, 0.29) is 54.1 Å². The molecule has 10 heteroatoms. The van der Waals surface area contributed by atoms with Crippen LogP contribution in [-0.4, -0.2) is 80.9 Å². The summed E-state index contributed by atoms with van der Waals surface area (Å²) in [5.74, 6) is -0.0186. The number of fused-ring (bicyclic) bond motifs is 1. The van der Waals surface area contributed by atoms with E-state index >= 15 is 4.39 Å². The van der Waals surface area contributed by atoms with Gasteiger partial charge in [-0.3, -0.25) is 10.2 Å². The number of hydrogen-bond donors (Lipinski definition) is 2. The molecule has 9 nitrogen and oxygen atoms in total. The highest BCUT2D eigenvalue weighted by Gasteiger charge is 2.36. The Labute approximate surface area is 249 Å². The van der Waals surface area contributed by atoms with E-state index < -0.39 is 11.9 Å². The van der Waals surface area contributed by atoms with E-state index in [9.17, 15) is 9.90 Å². The first-order valence-corrected chi connectivity index (χ1v) is 14.6. The van der Waals surface area contributed by atoms with Crippen LogP contribution in [0.2, 0.25) is 0 Å². The molecule has 42 heavy (non-hydrogen) atoms. The van der Waals surface area contributed by atoms with Gasteiger partial charge in [0.05, 0.1) is 44.2 Å². The Morgan fingerprint density at radius 3 is 2.29 bits per heavy atom. The Balaban J connectivity index is 0.00000237. The van der Waals surface area contributed by atoms with Crippen molar-refractivity contribution >= 4 is 17.3 Å². The van der Waals surface area contributed by atoms with Gasteiger partial charge in [-0.1, -0.05) is 34.6 Å². The van der Waals surface area contributed by atoms with Crippen LogP contribution < -0.4 is 19.1 Å². The number of β-amino-alcohol motifs (C(OH)–C–C–N with tert-alkyl or cyclic N) is 1. The summed E-state index contributed by atoms with van der Waals surface area (Å²) < 4.78 is 37.9. The van der Waals surface area contributed by atoms with E-state index in [2.05, 4.69) is 0 Å².